The summed E-state index contributed by atoms with van der Waals surface area (Å²) >= 11 is 1.10. The van der Waals surface area contributed by atoms with Crippen molar-refractivity contribution in [2.24, 2.45) is 20.5 Å². The number of phenols is 1. The van der Waals surface area contributed by atoms with Gasteiger partial charge in [0.1, 0.15) is 39.1 Å². The van der Waals surface area contributed by atoms with Crippen molar-refractivity contribution in [3.8, 4) is 17.2 Å². The van der Waals surface area contributed by atoms with Crippen LogP contribution in [0.3, 0.4) is 0 Å². The Bertz CT molecular complexity index is 2190. The highest BCUT2D eigenvalue weighted by Crippen LogP contribution is 2.48. The first-order valence-electron chi connectivity index (χ1n) is 13.6. The predicted molar refractivity (Wildman–Crippen MR) is 180 cm³/mol. The first-order chi connectivity index (χ1) is 24.2. The molecule has 6 N–H and O–H groups in total. The van der Waals surface area contributed by atoms with Crippen LogP contribution in [-0.4, -0.2) is 63.6 Å². The highest BCUT2D eigenvalue weighted by atomic mass is 32.3. The van der Waals surface area contributed by atoms with E-state index < -0.39 is 43.2 Å². The summed E-state index contributed by atoms with van der Waals surface area (Å²) in [6, 6.07) is 11.7. The van der Waals surface area contributed by atoms with Crippen LogP contribution in [0.1, 0.15) is 5.56 Å². The molecule has 0 fully saturated rings. The zero-order valence-electron chi connectivity index (χ0n) is 26.3. The molecule has 4 aromatic carbocycles. The summed E-state index contributed by atoms with van der Waals surface area (Å²) in [6.07, 6.45) is 0. The van der Waals surface area contributed by atoms with Gasteiger partial charge in [-0.1, -0.05) is 16.1 Å². The Morgan fingerprint density at radius 3 is 2.06 bits per heavy atom. The predicted octanol–water partition coefficient (Wildman–Crippen LogP) is 6.73. The van der Waals surface area contributed by atoms with Crippen molar-refractivity contribution in [2.45, 2.75) is 21.6 Å². The third-order valence-corrected chi connectivity index (χ3v) is 9.97. The van der Waals surface area contributed by atoms with E-state index in [1.165, 1.54) is 32.4 Å². The third kappa shape index (κ3) is 10.00. The van der Waals surface area contributed by atoms with Gasteiger partial charge < -0.3 is 20.3 Å². The van der Waals surface area contributed by atoms with Crippen LogP contribution in [0.5, 0.6) is 17.2 Å². The average molecular weight is 790 g/mol. The lowest BCUT2D eigenvalue weighted by molar-refractivity contribution is -0.432. The Morgan fingerprint density at radius 2 is 1.41 bits per heavy atom. The zero-order chi connectivity index (χ0) is 37.3. The molecule has 0 aromatic heterocycles. The summed E-state index contributed by atoms with van der Waals surface area (Å²) in [6.45, 7) is 0.940. The number of nitrogens with zero attached hydrogens (tertiary/aromatic N) is 4. The molecule has 0 amide bonds. The van der Waals surface area contributed by atoms with E-state index >= 15 is 0 Å². The van der Waals surface area contributed by atoms with Crippen molar-refractivity contribution in [1.29, 1.82) is 0 Å². The molecule has 0 aliphatic heterocycles. The van der Waals surface area contributed by atoms with E-state index in [-0.39, 0.29) is 49.9 Å². The van der Waals surface area contributed by atoms with Gasteiger partial charge in [-0.25, -0.2) is 23.1 Å². The van der Waals surface area contributed by atoms with E-state index in [4.69, 9.17) is 30.3 Å². The van der Waals surface area contributed by atoms with E-state index in [1.54, 1.807) is 18.2 Å². The van der Waals surface area contributed by atoms with Crippen LogP contribution in [-0.2, 0) is 43.2 Å². The highest BCUT2D eigenvalue weighted by molar-refractivity contribution is 7.95. The van der Waals surface area contributed by atoms with Crippen LogP contribution >= 0.6 is 24.1 Å². The van der Waals surface area contributed by atoms with Crippen molar-refractivity contribution in [2.75, 3.05) is 32.3 Å². The number of aryl methyl sites for hydroxylation is 1. The van der Waals surface area contributed by atoms with Crippen LogP contribution in [0.25, 0.3) is 10.8 Å². The molecule has 0 bridgehead atoms. The van der Waals surface area contributed by atoms with Gasteiger partial charge in [0, 0.05) is 22.9 Å². The van der Waals surface area contributed by atoms with Gasteiger partial charge in [-0.2, -0.15) is 8.42 Å². The SMILES string of the molecule is COc1cc(S(=O)(=O)CCOS(=O)(=O)O)c(OC)cc1N=Nc1c(SOOO)cc2c(N=Nc3ccc(C)cc3SOOO)c(N)ccc2c1O. The molecule has 20 nitrogen and oxygen atoms in total. The van der Waals surface area contributed by atoms with Crippen molar-refractivity contribution in [1.82, 2.24) is 0 Å². The Hall–Kier alpha value is -4.18. The van der Waals surface area contributed by atoms with Gasteiger partial charge >= 0.3 is 10.4 Å². The van der Waals surface area contributed by atoms with Crippen LogP contribution in [0, 0.1) is 6.92 Å². The second-order valence-electron chi connectivity index (χ2n) is 9.74. The van der Waals surface area contributed by atoms with Crippen molar-refractivity contribution >= 4 is 83.5 Å². The maximum absolute atomic E-state index is 12.9. The second-order valence-corrected chi connectivity index (χ2v) is 14.4. The number of aromatic hydroxyl groups is 1. The van der Waals surface area contributed by atoms with Gasteiger partial charge in [0.2, 0.25) is 0 Å². The molecule has 4 rings (SSSR count). The quantitative estimate of drug-likeness (QED) is 0.0185. The van der Waals surface area contributed by atoms with Crippen LogP contribution in [0.4, 0.5) is 28.4 Å². The third-order valence-electron chi connectivity index (χ3n) is 6.56. The van der Waals surface area contributed by atoms with E-state index in [9.17, 15) is 21.9 Å². The Balaban J connectivity index is 1.80. The molecular formula is C27H27N5O15S4. The molecule has 0 saturated carbocycles. The lowest BCUT2D eigenvalue weighted by Gasteiger charge is -2.14. The summed E-state index contributed by atoms with van der Waals surface area (Å²) in [5.41, 5.74) is 7.38. The molecule has 24 heteroatoms. The molecular weight excluding hydrogens is 763 g/mol. The number of benzene rings is 4. The molecule has 0 aliphatic carbocycles. The van der Waals surface area contributed by atoms with Gasteiger partial charge in [0.15, 0.2) is 15.6 Å². The lowest BCUT2D eigenvalue weighted by atomic mass is 10.1. The number of fused-ring (bicyclic) bond motifs is 1. The van der Waals surface area contributed by atoms with Gasteiger partial charge in [-0.05, 0) is 42.8 Å². The molecule has 0 unspecified atom stereocenters. The number of rotatable bonds is 17. The van der Waals surface area contributed by atoms with Crippen molar-refractivity contribution < 1.29 is 69.4 Å². The largest absolute Gasteiger partial charge is 0.505 e. The fraction of sp³-hybridized carbons (Fsp3) is 0.185. The topological polar surface area (TPSA) is 289 Å². The average Bonchev–Trinajstić information content (AvgIpc) is 3.08. The molecule has 0 spiro atoms. The molecule has 0 atom stereocenters. The zero-order valence-corrected chi connectivity index (χ0v) is 29.6. The number of hydrogen-bond acceptors (Lipinski definition) is 21. The fourth-order valence-electron chi connectivity index (χ4n) is 4.31. The number of anilines is 1. The first-order valence-corrected chi connectivity index (χ1v) is 18.2. The number of nitrogen functional groups attached to an aromatic ring is 1. The highest BCUT2D eigenvalue weighted by Gasteiger charge is 2.25. The van der Waals surface area contributed by atoms with Crippen molar-refractivity contribution in [3.05, 3.63) is 54.1 Å². The molecule has 0 saturated heterocycles. The fourth-order valence-corrected chi connectivity index (χ4v) is 6.98. The summed E-state index contributed by atoms with van der Waals surface area (Å²) in [4.78, 5) is 0.0394. The standard InChI is InChI=1S/C27H27N5O15S4/c1-14-4-7-18(22(10-14)48-46-44-34)29-31-25-16-11-23(49-47-45-35)26(27(33)15(16)5-6-17(25)28)32-30-19-12-21(42-3)24(13-20(19)41-2)50(36,37)9-8-43-51(38,39)40/h4-7,10-13,33-35H,8-9,28H2,1-3H3,(H,38,39,40). The number of sulfone groups is 1. The maximum atomic E-state index is 12.9. The molecule has 0 heterocycles. The Labute approximate surface area is 297 Å². The van der Waals surface area contributed by atoms with Gasteiger partial charge in [0.25, 0.3) is 0 Å². The molecule has 51 heavy (non-hydrogen) atoms. The maximum Gasteiger partial charge on any atom is 0.397 e. The van der Waals surface area contributed by atoms with Crippen LogP contribution < -0.4 is 15.2 Å². The van der Waals surface area contributed by atoms with Gasteiger partial charge in [-0.3, -0.25) is 4.55 Å². The number of phenolic OH excluding ortho intramolecular Hbond substituents is 1. The minimum atomic E-state index is -4.88. The van der Waals surface area contributed by atoms with Crippen molar-refractivity contribution in [3.63, 3.8) is 0 Å². The molecule has 274 valence electrons. The number of nitrogens with two attached hydrogens (primary N) is 1. The Morgan fingerprint density at radius 1 is 0.765 bits per heavy atom. The summed E-state index contributed by atoms with van der Waals surface area (Å²) < 4.78 is 80.2. The number of methoxy groups -OCH3 is 2. The number of hydrogen-bond donors (Lipinski definition) is 5. The summed E-state index contributed by atoms with van der Waals surface area (Å²) in [5.74, 6) is -1.67. The second kappa shape index (κ2) is 17.4. The Kier molecular flexibility index (Phi) is 13.5. The summed E-state index contributed by atoms with van der Waals surface area (Å²) in [5, 5.41) is 53.5. The number of ether oxygens (including phenoxy) is 2. The van der Waals surface area contributed by atoms with Gasteiger partial charge in [0.05, 0.1) is 66.1 Å². The summed E-state index contributed by atoms with van der Waals surface area (Å²) in [7, 11) is -6.75. The molecule has 0 radical (unpaired) electrons. The minimum absolute atomic E-state index is 0.0175. The van der Waals surface area contributed by atoms with E-state index in [1.807, 2.05) is 6.92 Å². The monoisotopic (exact) mass is 789 g/mol. The normalized spacial score (nSPS) is 12.4. The molecule has 0 aliphatic rings. The first kappa shape index (κ1) is 39.6. The van der Waals surface area contributed by atoms with E-state index in [0.717, 1.165) is 17.7 Å². The number of azo groups is 2. The smallest absolute Gasteiger partial charge is 0.397 e. The van der Waals surface area contributed by atoms with Crippen LogP contribution in [0.2, 0.25) is 0 Å². The van der Waals surface area contributed by atoms with Gasteiger partial charge in [-0.15, -0.1) is 29.1 Å². The van der Waals surface area contributed by atoms with E-state index in [2.05, 4.69) is 43.4 Å². The molecule has 4 aromatic rings. The van der Waals surface area contributed by atoms with E-state index in [0.29, 0.717) is 34.7 Å². The lowest BCUT2D eigenvalue weighted by Crippen LogP contribution is -2.16. The minimum Gasteiger partial charge on any atom is -0.505 e. The van der Waals surface area contributed by atoms with Crippen LogP contribution in [0.15, 0.2) is 83.7 Å².